The van der Waals surface area contributed by atoms with Crippen LogP contribution in [0.2, 0.25) is 0 Å². The van der Waals surface area contributed by atoms with Crippen molar-refractivity contribution < 1.29 is 43.7 Å². The van der Waals surface area contributed by atoms with E-state index in [4.69, 9.17) is 9.47 Å². The molecule has 1 aliphatic heterocycles. The highest BCUT2D eigenvalue weighted by molar-refractivity contribution is 8.13. The maximum Gasteiger partial charge on any atom is 0.367 e. The van der Waals surface area contributed by atoms with Crippen LogP contribution in [0.3, 0.4) is 0 Å². The summed E-state index contributed by atoms with van der Waals surface area (Å²) in [5.74, 6) is -0.903. The van der Waals surface area contributed by atoms with E-state index < -0.39 is 33.4 Å². The molecule has 15 heteroatoms. The molecule has 14 nitrogen and oxygen atoms in total. The average Bonchev–Trinajstić information content (AvgIpc) is 3.21. The predicted molar refractivity (Wildman–Crippen MR) is 111 cm³/mol. The molecule has 0 spiro atoms. The molecule has 0 aromatic heterocycles. The first-order chi connectivity index (χ1) is 15.1. The van der Waals surface area contributed by atoms with Gasteiger partial charge in [-0.1, -0.05) is 6.92 Å². The van der Waals surface area contributed by atoms with Crippen molar-refractivity contribution >= 4 is 28.9 Å². The van der Waals surface area contributed by atoms with Crippen molar-refractivity contribution in [2.75, 3.05) is 38.7 Å². The molecule has 184 valence electrons. The Morgan fingerprint density at radius 1 is 1.06 bits per heavy atom. The molecule has 2 atom stereocenters. The van der Waals surface area contributed by atoms with E-state index in [0.29, 0.717) is 19.4 Å². The van der Waals surface area contributed by atoms with Gasteiger partial charge in [-0.05, 0) is 38.5 Å². The fraction of sp³-hybridized carbons (Fsp3) is 0.824. The zero-order valence-electron chi connectivity index (χ0n) is 18.3. The van der Waals surface area contributed by atoms with Gasteiger partial charge in [0, 0.05) is 24.6 Å². The van der Waals surface area contributed by atoms with Crippen LogP contribution in [0.5, 0.6) is 0 Å². The van der Waals surface area contributed by atoms with E-state index >= 15 is 0 Å². The Labute approximate surface area is 189 Å². The van der Waals surface area contributed by atoms with Gasteiger partial charge >= 0.3 is 11.3 Å². The zero-order chi connectivity index (χ0) is 24.5. The van der Waals surface area contributed by atoms with Gasteiger partial charge in [-0.2, -0.15) is 0 Å². The van der Waals surface area contributed by atoms with Crippen LogP contribution in [0.25, 0.3) is 0 Å². The van der Waals surface area contributed by atoms with E-state index in [-0.39, 0.29) is 44.5 Å². The molecule has 0 N–H and O–H groups in total. The summed E-state index contributed by atoms with van der Waals surface area (Å²) < 4.78 is 9.89. The second-order valence-corrected chi connectivity index (χ2v) is 7.26. The fourth-order valence-electron chi connectivity index (χ4n) is 2.55. The zero-order valence-corrected chi connectivity index (χ0v) is 19.1. The number of likely N-dealkylation sites (tertiary alicyclic amines) is 1. The third kappa shape index (κ3) is 12.8. The molecule has 0 saturated carbocycles. The molecule has 0 bridgehead atoms. The lowest BCUT2D eigenvalue weighted by molar-refractivity contribution is -0.757. The SMILES string of the molecule is CCOC(=O)SC[C@@H](C)C(=O)N1CCC[C@H]1C(=O)OCCCO[N+](=O)[O-].CCO[N+](=O)[O-]. The van der Waals surface area contributed by atoms with Crippen molar-refractivity contribution in [3.8, 4) is 0 Å². The second kappa shape index (κ2) is 16.8. The quantitative estimate of drug-likeness (QED) is 0.170. The van der Waals surface area contributed by atoms with Crippen molar-refractivity contribution in [2.24, 2.45) is 5.92 Å². The number of amides is 1. The number of thioether (sulfide) groups is 1. The van der Waals surface area contributed by atoms with Crippen molar-refractivity contribution in [3.05, 3.63) is 20.2 Å². The highest BCUT2D eigenvalue weighted by Gasteiger charge is 2.37. The second-order valence-electron chi connectivity index (χ2n) is 6.30. The van der Waals surface area contributed by atoms with Gasteiger partial charge in [0.05, 0.1) is 26.4 Å². The van der Waals surface area contributed by atoms with Crippen LogP contribution in [0, 0.1) is 26.1 Å². The first kappa shape index (κ1) is 29.2. The smallest absolute Gasteiger partial charge is 0.367 e. The van der Waals surface area contributed by atoms with Gasteiger partial charge in [-0.25, -0.2) is 9.59 Å². The molecule has 0 aromatic rings. The van der Waals surface area contributed by atoms with Crippen LogP contribution >= 0.6 is 11.8 Å². The number of carbonyl (C=O) groups is 3. The molecule has 1 fully saturated rings. The van der Waals surface area contributed by atoms with Gasteiger partial charge in [0.1, 0.15) is 6.04 Å². The first-order valence-electron chi connectivity index (χ1n) is 9.95. The Morgan fingerprint density at radius 2 is 1.72 bits per heavy atom. The van der Waals surface area contributed by atoms with Gasteiger partial charge in [0.25, 0.3) is 10.2 Å². The van der Waals surface area contributed by atoms with Gasteiger partial charge in [0.15, 0.2) is 0 Å². The molecule has 1 amide bonds. The minimum Gasteiger partial charge on any atom is -0.464 e. The van der Waals surface area contributed by atoms with E-state index in [1.807, 2.05) is 0 Å². The van der Waals surface area contributed by atoms with Crippen LogP contribution < -0.4 is 0 Å². The topological polar surface area (TPSA) is 178 Å². The van der Waals surface area contributed by atoms with Gasteiger partial charge in [0.2, 0.25) is 5.91 Å². The molecule has 0 unspecified atom stereocenters. The number of ether oxygens (including phenoxy) is 2. The Bertz CT molecular complexity index is 635. The molecule has 1 saturated heterocycles. The molecule has 1 heterocycles. The van der Waals surface area contributed by atoms with E-state index in [2.05, 4.69) is 9.68 Å². The summed E-state index contributed by atoms with van der Waals surface area (Å²) in [6.45, 7) is 5.66. The van der Waals surface area contributed by atoms with Crippen molar-refractivity contribution in [3.63, 3.8) is 0 Å². The Hall–Kier alpha value is -2.84. The molecule has 0 radical (unpaired) electrons. The number of carbonyl (C=O) groups excluding carboxylic acids is 3. The number of nitrogens with zero attached hydrogens (tertiary/aromatic N) is 3. The largest absolute Gasteiger partial charge is 0.464 e. The summed E-state index contributed by atoms with van der Waals surface area (Å²) in [6, 6.07) is -0.658. The highest BCUT2D eigenvalue weighted by atomic mass is 32.2. The molecule has 32 heavy (non-hydrogen) atoms. The molecular formula is C17H29N3O11S. The molecular weight excluding hydrogens is 454 g/mol. The summed E-state index contributed by atoms with van der Waals surface area (Å²) >= 11 is 0.934. The summed E-state index contributed by atoms with van der Waals surface area (Å²) in [5, 5.41) is 17.0. The minimum absolute atomic E-state index is 0.0144. The van der Waals surface area contributed by atoms with Crippen LogP contribution in [-0.2, 0) is 28.7 Å². The number of esters is 1. The van der Waals surface area contributed by atoms with E-state index in [0.717, 1.165) is 11.8 Å². The van der Waals surface area contributed by atoms with Crippen molar-refractivity contribution in [1.82, 2.24) is 4.90 Å². The van der Waals surface area contributed by atoms with Gasteiger partial charge < -0.3 is 24.0 Å². The van der Waals surface area contributed by atoms with Crippen LogP contribution in [-0.4, -0.2) is 77.0 Å². The first-order valence-corrected chi connectivity index (χ1v) is 10.9. The van der Waals surface area contributed by atoms with E-state index in [9.17, 15) is 34.6 Å². The molecule has 1 aliphatic rings. The number of hydrogen-bond acceptors (Lipinski definition) is 12. The maximum atomic E-state index is 12.5. The third-order valence-corrected chi connectivity index (χ3v) is 4.93. The third-order valence-electron chi connectivity index (χ3n) is 3.91. The molecule has 1 rings (SSSR count). The Morgan fingerprint density at radius 3 is 2.25 bits per heavy atom. The van der Waals surface area contributed by atoms with Gasteiger partial charge in [-0.3, -0.25) is 4.79 Å². The standard InChI is InChI=1S/C15H24N2O8S.C2H5NO3/c1-3-23-15(20)26-10-11(2)13(18)16-7-4-6-12(16)14(19)24-8-5-9-25-17(21)22;1-2-6-3(4)5/h11-12H,3-10H2,1-2H3;2H2,1H3/t11-,12+;/m1./s1. The normalized spacial score (nSPS) is 15.6. The predicted octanol–water partition coefficient (Wildman–Crippen LogP) is 1.86. The monoisotopic (exact) mass is 483 g/mol. The summed E-state index contributed by atoms with van der Waals surface area (Å²) in [5.41, 5.74) is 0. The molecule has 0 aromatic carbocycles. The number of hydrogen-bond donors (Lipinski definition) is 0. The Balaban J connectivity index is 0.00000140. The lowest BCUT2D eigenvalue weighted by Gasteiger charge is -2.26. The average molecular weight is 483 g/mol. The van der Waals surface area contributed by atoms with Crippen molar-refractivity contribution in [1.29, 1.82) is 0 Å². The minimum atomic E-state index is -0.908. The summed E-state index contributed by atoms with van der Waals surface area (Å²) in [4.78, 5) is 64.6. The Kier molecular flexibility index (Phi) is 15.3. The van der Waals surface area contributed by atoms with Crippen LogP contribution in [0.15, 0.2) is 0 Å². The highest BCUT2D eigenvalue weighted by Crippen LogP contribution is 2.23. The van der Waals surface area contributed by atoms with Crippen LogP contribution in [0.1, 0.15) is 40.0 Å². The summed E-state index contributed by atoms with van der Waals surface area (Å²) in [6.07, 6.45) is 1.39. The summed E-state index contributed by atoms with van der Waals surface area (Å²) in [7, 11) is 0. The van der Waals surface area contributed by atoms with Crippen molar-refractivity contribution in [2.45, 2.75) is 46.1 Å². The lowest BCUT2D eigenvalue weighted by Crippen LogP contribution is -2.44. The molecule has 0 aliphatic carbocycles. The van der Waals surface area contributed by atoms with E-state index in [1.165, 1.54) is 4.90 Å². The van der Waals surface area contributed by atoms with Crippen LogP contribution in [0.4, 0.5) is 4.79 Å². The number of rotatable bonds is 12. The van der Waals surface area contributed by atoms with Gasteiger partial charge in [-0.15, -0.1) is 20.2 Å². The van der Waals surface area contributed by atoms with E-state index in [1.54, 1.807) is 20.8 Å². The lowest BCUT2D eigenvalue weighted by atomic mass is 10.1. The maximum absolute atomic E-state index is 12.5. The fourth-order valence-corrected chi connectivity index (χ4v) is 3.28.